The number of halogens is 4. The zero-order chi connectivity index (χ0) is 24.9. The molecule has 0 saturated heterocycles. The van der Waals surface area contributed by atoms with E-state index in [1.54, 1.807) is 44.2 Å². The standard InChI is InChI=1S/C29H29BF4O/c1-2-3-4-18-5-7-19(8-6-18)22-13-14-23(27(32)26(22)31)20-9-11-21(12-10-20)24-15-16-25(35-17-30)29(34)28(24)33/h2,9-16,18-19H,1,3-8,17,30H2. The molecular weight excluding hydrogens is 451 g/mol. The number of hydrogen-bond acceptors (Lipinski definition) is 1. The average Bonchev–Trinajstić information content (AvgIpc) is 2.88. The van der Waals surface area contributed by atoms with Gasteiger partial charge in [-0.15, -0.1) is 6.58 Å². The Balaban J connectivity index is 1.53. The molecule has 0 unspecified atom stereocenters. The lowest BCUT2D eigenvalue weighted by molar-refractivity contribution is 0.306. The molecule has 6 heteroatoms. The second kappa shape index (κ2) is 11.2. The summed E-state index contributed by atoms with van der Waals surface area (Å²) in [6.45, 7) is 4.00. The molecular formula is C29H29BF4O. The quantitative estimate of drug-likeness (QED) is 0.182. The zero-order valence-corrected chi connectivity index (χ0v) is 19.9. The summed E-state index contributed by atoms with van der Waals surface area (Å²) in [4.78, 5) is 0. The fourth-order valence-corrected chi connectivity index (χ4v) is 5.07. The van der Waals surface area contributed by atoms with Crippen molar-refractivity contribution in [1.29, 1.82) is 0 Å². The van der Waals surface area contributed by atoms with E-state index >= 15 is 8.78 Å². The molecule has 1 aliphatic rings. The normalized spacial score (nSPS) is 17.8. The van der Waals surface area contributed by atoms with Gasteiger partial charge in [0.2, 0.25) is 5.82 Å². The highest BCUT2D eigenvalue weighted by molar-refractivity contribution is 6.08. The Labute approximate surface area is 205 Å². The molecule has 0 spiro atoms. The highest BCUT2D eigenvalue weighted by Crippen LogP contribution is 2.40. The molecule has 1 nitrogen and oxygen atoms in total. The third-order valence-electron chi connectivity index (χ3n) is 7.03. The van der Waals surface area contributed by atoms with Crippen molar-refractivity contribution >= 4 is 7.85 Å². The number of benzene rings is 3. The Bertz CT molecular complexity index is 1180. The van der Waals surface area contributed by atoms with Gasteiger partial charge in [-0.2, -0.15) is 4.39 Å². The van der Waals surface area contributed by atoms with Crippen LogP contribution in [-0.2, 0) is 0 Å². The van der Waals surface area contributed by atoms with Crippen LogP contribution < -0.4 is 4.74 Å². The molecule has 0 amide bonds. The van der Waals surface area contributed by atoms with E-state index in [4.69, 9.17) is 4.74 Å². The Kier molecular flexibility index (Phi) is 7.99. The number of rotatable bonds is 8. The maximum atomic E-state index is 15.1. The number of allylic oxidation sites excluding steroid dienone is 1. The Hall–Kier alpha value is -3.02. The molecule has 0 aliphatic heterocycles. The highest BCUT2D eigenvalue weighted by atomic mass is 19.2. The van der Waals surface area contributed by atoms with Crippen LogP contribution in [0.4, 0.5) is 17.6 Å². The smallest absolute Gasteiger partial charge is 0.201 e. The lowest BCUT2D eigenvalue weighted by Gasteiger charge is -2.29. The van der Waals surface area contributed by atoms with Crippen LogP contribution in [0.5, 0.6) is 5.75 Å². The van der Waals surface area contributed by atoms with Gasteiger partial charge in [0.15, 0.2) is 31.0 Å². The van der Waals surface area contributed by atoms with Gasteiger partial charge in [0.05, 0.1) is 6.51 Å². The van der Waals surface area contributed by atoms with Crippen LogP contribution in [0.25, 0.3) is 22.3 Å². The molecule has 0 atom stereocenters. The monoisotopic (exact) mass is 480 g/mol. The molecule has 0 radical (unpaired) electrons. The van der Waals surface area contributed by atoms with Crippen molar-refractivity contribution in [2.45, 2.75) is 44.4 Å². The van der Waals surface area contributed by atoms with Crippen molar-refractivity contribution < 1.29 is 22.3 Å². The van der Waals surface area contributed by atoms with Crippen molar-refractivity contribution in [3.05, 3.63) is 90.0 Å². The molecule has 3 aromatic rings. The molecule has 4 rings (SSSR count). The minimum atomic E-state index is -1.05. The highest BCUT2D eigenvalue weighted by Gasteiger charge is 2.26. The van der Waals surface area contributed by atoms with Crippen molar-refractivity contribution in [3.8, 4) is 28.0 Å². The second-order valence-corrected chi connectivity index (χ2v) is 9.16. The molecule has 0 bridgehead atoms. The lowest BCUT2D eigenvalue weighted by atomic mass is 9.77. The molecule has 1 fully saturated rings. The second-order valence-electron chi connectivity index (χ2n) is 9.16. The first-order valence-corrected chi connectivity index (χ1v) is 12.2. The van der Waals surface area contributed by atoms with Gasteiger partial charge < -0.3 is 4.74 Å². The summed E-state index contributed by atoms with van der Waals surface area (Å²) in [5, 5.41) is 0. The summed E-state index contributed by atoms with van der Waals surface area (Å²) in [5.74, 6) is -3.21. The lowest BCUT2D eigenvalue weighted by Crippen LogP contribution is -2.15. The maximum absolute atomic E-state index is 15.1. The zero-order valence-electron chi connectivity index (χ0n) is 19.9. The fraction of sp³-hybridized carbons (Fsp3) is 0.310. The first-order valence-electron chi connectivity index (χ1n) is 12.2. The van der Waals surface area contributed by atoms with Crippen LogP contribution in [0.2, 0.25) is 0 Å². The van der Waals surface area contributed by atoms with E-state index in [1.807, 2.05) is 6.08 Å². The minimum Gasteiger partial charge on any atom is -0.500 e. The average molecular weight is 480 g/mol. The largest absolute Gasteiger partial charge is 0.500 e. The van der Waals surface area contributed by atoms with Gasteiger partial charge in [0.1, 0.15) is 0 Å². The van der Waals surface area contributed by atoms with E-state index in [2.05, 4.69) is 6.58 Å². The third kappa shape index (κ3) is 5.31. The SMILES string of the molecule is BCOc1ccc(-c2ccc(-c3ccc(C4CCC(CCC=C)CC4)c(F)c3F)cc2)c(F)c1F. The molecule has 3 aromatic carbocycles. The first kappa shape index (κ1) is 25.1. The predicted octanol–water partition coefficient (Wildman–Crippen LogP) is 7.79. The van der Waals surface area contributed by atoms with Crippen LogP contribution in [-0.4, -0.2) is 14.4 Å². The molecule has 0 aromatic heterocycles. The predicted molar refractivity (Wildman–Crippen MR) is 135 cm³/mol. The summed E-state index contributed by atoms with van der Waals surface area (Å²) in [7, 11) is 1.69. The van der Waals surface area contributed by atoms with Gasteiger partial charge in [0, 0.05) is 11.1 Å². The summed E-state index contributed by atoms with van der Waals surface area (Å²) in [6.07, 6.45) is 7.78. The van der Waals surface area contributed by atoms with E-state index in [-0.39, 0.29) is 29.3 Å². The minimum absolute atomic E-state index is 0.0263. The maximum Gasteiger partial charge on any atom is 0.201 e. The van der Waals surface area contributed by atoms with E-state index in [1.165, 1.54) is 12.1 Å². The summed E-state index contributed by atoms with van der Waals surface area (Å²) in [5.41, 5.74) is 1.56. The Morgan fingerprint density at radius 1 is 0.771 bits per heavy atom. The van der Waals surface area contributed by atoms with Gasteiger partial charge in [-0.05, 0) is 79.2 Å². The van der Waals surface area contributed by atoms with Gasteiger partial charge in [-0.3, -0.25) is 0 Å². The molecule has 182 valence electrons. The number of ether oxygens (including phenoxy) is 1. The molecule has 0 heterocycles. The molecule has 0 N–H and O–H groups in total. The van der Waals surface area contributed by atoms with E-state index in [9.17, 15) is 8.78 Å². The van der Waals surface area contributed by atoms with Crippen molar-refractivity contribution in [2.24, 2.45) is 5.92 Å². The van der Waals surface area contributed by atoms with E-state index in [0.29, 0.717) is 22.6 Å². The summed E-state index contributed by atoms with van der Waals surface area (Å²) in [6, 6.07) is 12.5. The van der Waals surface area contributed by atoms with Gasteiger partial charge >= 0.3 is 0 Å². The van der Waals surface area contributed by atoms with Crippen molar-refractivity contribution in [3.63, 3.8) is 0 Å². The van der Waals surface area contributed by atoms with Gasteiger partial charge in [-0.25, -0.2) is 13.2 Å². The van der Waals surface area contributed by atoms with Crippen LogP contribution in [0.15, 0.2) is 61.2 Å². The van der Waals surface area contributed by atoms with Crippen LogP contribution >= 0.6 is 0 Å². The topological polar surface area (TPSA) is 9.23 Å². The molecule has 1 saturated carbocycles. The van der Waals surface area contributed by atoms with Crippen molar-refractivity contribution in [1.82, 2.24) is 0 Å². The summed E-state index contributed by atoms with van der Waals surface area (Å²) >= 11 is 0. The Morgan fingerprint density at radius 2 is 1.34 bits per heavy atom. The Morgan fingerprint density at radius 3 is 1.91 bits per heavy atom. The van der Waals surface area contributed by atoms with Crippen molar-refractivity contribution in [2.75, 3.05) is 6.51 Å². The van der Waals surface area contributed by atoms with Crippen LogP contribution in [0.3, 0.4) is 0 Å². The van der Waals surface area contributed by atoms with E-state index in [0.717, 1.165) is 38.5 Å². The molecule has 35 heavy (non-hydrogen) atoms. The number of hydrogen-bond donors (Lipinski definition) is 0. The van der Waals surface area contributed by atoms with Crippen LogP contribution in [0.1, 0.15) is 50.0 Å². The van der Waals surface area contributed by atoms with Crippen LogP contribution in [0, 0.1) is 29.2 Å². The first-order chi connectivity index (χ1) is 16.9. The molecule has 1 aliphatic carbocycles. The fourth-order valence-electron chi connectivity index (χ4n) is 5.07. The van der Waals surface area contributed by atoms with Gasteiger partial charge in [-0.1, -0.05) is 42.5 Å². The van der Waals surface area contributed by atoms with E-state index < -0.39 is 23.3 Å². The summed E-state index contributed by atoms with van der Waals surface area (Å²) < 4.78 is 64.1. The van der Waals surface area contributed by atoms with Gasteiger partial charge in [0.25, 0.3) is 0 Å². The third-order valence-corrected chi connectivity index (χ3v) is 7.03.